The van der Waals surface area contributed by atoms with Gasteiger partial charge in [0.15, 0.2) is 0 Å². The third-order valence-corrected chi connectivity index (χ3v) is 4.44. The Kier molecular flexibility index (Phi) is 5.39. The smallest absolute Gasteiger partial charge is 0.337 e. The van der Waals surface area contributed by atoms with Gasteiger partial charge in [-0.2, -0.15) is 0 Å². The van der Waals surface area contributed by atoms with E-state index < -0.39 is 5.97 Å². The van der Waals surface area contributed by atoms with Crippen LogP contribution in [0.3, 0.4) is 0 Å². The van der Waals surface area contributed by atoms with Crippen molar-refractivity contribution in [1.29, 1.82) is 0 Å². The van der Waals surface area contributed by atoms with E-state index >= 15 is 0 Å². The Balaban J connectivity index is 1.77. The predicted octanol–water partition coefficient (Wildman–Crippen LogP) is 1.20. The molecule has 3 rings (SSSR count). The number of carbonyl (C=O) groups is 2. The number of ether oxygens (including phenoxy) is 2. The average Bonchev–Trinajstić information content (AvgIpc) is 2.91. The number of fused-ring (bicyclic) bond motifs is 1. The van der Waals surface area contributed by atoms with Crippen molar-refractivity contribution in [2.45, 2.75) is 12.8 Å². The van der Waals surface area contributed by atoms with Gasteiger partial charge >= 0.3 is 12.0 Å². The van der Waals surface area contributed by atoms with E-state index in [0.29, 0.717) is 54.2 Å². The van der Waals surface area contributed by atoms with Crippen LogP contribution in [0.15, 0.2) is 29.3 Å². The fourth-order valence-electron chi connectivity index (χ4n) is 2.99. The Labute approximate surface area is 155 Å². The number of rotatable bonds is 3. The van der Waals surface area contributed by atoms with Crippen molar-refractivity contribution < 1.29 is 19.1 Å². The van der Waals surface area contributed by atoms with E-state index in [2.05, 4.69) is 15.3 Å². The molecule has 0 unspecified atom stereocenters. The van der Waals surface area contributed by atoms with Gasteiger partial charge in [0, 0.05) is 25.1 Å². The fraction of sp³-hybridized carbons (Fsp3) is 0.333. The van der Waals surface area contributed by atoms with Gasteiger partial charge in [-0.05, 0) is 24.6 Å². The van der Waals surface area contributed by atoms with Crippen molar-refractivity contribution in [3.63, 3.8) is 0 Å². The summed E-state index contributed by atoms with van der Waals surface area (Å²) >= 11 is 0. The van der Waals surface area contributed by atoms with E-state index in [9.17, 15) is 14.4 Å². The van der Waals surface area contributed by atoms with E-state index in [1.54, 1.807) is 17.0 Å². The third kappa shape index (κ3) is 3.91. The number of esters is 1. The topological polar surface area (TPSA) is 114 Å². The molecule has 0 aliphatic carbocycles. The molecule has 0 saturated carbocycles. The van der Waals surface area contributed by atoms with Crippen molar-refractivity contribution in [2.75, 3.05) is 32.6 Å². The van der Waals surface area contributed by atoms with Crippen LogP contribution in [-0.4, -0.2) is 54.2 Å². The number of aromatic amines is 1. The zero-order chi connectivity index (χ0) is 19.4. The van der Waals surface area contributed by atoms with Crippen LogP contribution in [0.1, 0.15) is 21.6 Å². The quantitative estimate of drug-likeness (QED) is 0.783. The van der Waals surface area contributed by atoms with Crippen LogP contribution in [-0.2, 0) is 17.6 Å². The molecule has 9 heteroatoms. The van der Waals surface area contributed by atoms with Gasteiger partial charge in [0.25, 0.3) is 5.56 Å². The molecule has 2 heterocycles. The first-order valence-corrected chi connectivity index (χ1v) is 8.41. The van der Waals surface area contributed by atoms with Crippen molar-refractivity contribution >= 4 is 17.7 Å². The van der Waals surface area contributed by atoms with Crippen molar-refractivity contribution in [3.8, 4) is 5.75 Å². The molecule has 2 aromatic rings. The summed E-state index contributed by atoms with van der Waals surface area (Å²) < 4.78 is 9.96. The molecule has 0 radical (unpaired) electrons. The monoisotopic (exact) mass is 372 g/mol. The highest BCUT2D eigenvalue weighted by Crippen LogP contribution is 2.26. The van der Waals surface area contributed by atoms with Gasteiger partial charge in [-0.3, -0.25) is 4.79 Å². The average molecular weight is 372 g/mol. The highest BCUT2D eigenvalue weighted by molar-refractivity contribution is 5.95. The van der Waals surface area contributed by atoms with Gasteiger partial charge in [-0.15, -0.1) is 0 Å². The molecular weight excluding hydrogens is 352 g/mol. The minimum atomic E-state index is -0.510. The molecule has 0 fully saturated rings. The Morgan fingerprint density at radius 1 is 1.22 bits per heavy atom. The second kappa shape index (κ2) is 7.90. The summed E-state index contributed by atoms with van der Waals surface area (Å²) in [5, 5.41) is 2.77. The van der Waals surface area contributed by atoms with Crippen LogP contribution in [0.25, 0.3) is 0 Å². The lowest BCUT2D eigenvalue weighted by atomic mass is 10.1. The van der Waals surface area contributed by atoms with E-state index in [1.807, 2.05) is 0 Å². The van der Waals surface area contributed by atoms with Crippen LogP contribution in [0, 0.1) is 0 Å². The summed E-state index contributed by atoms with van der Waals surface area (Å²) in [5.74, 6) is -0.0871. The van der Waals surface area contributed by atoms with E-state index in [-0.39, 0.29) is 11.6 Å². The lowest BCUT2D eigenvalue weighted by Crippen LogP contribution is -2.37. The highest BCUT2D eigenvalue weighted by Gasteiger charge is 2.22. The number of urea groups is 1. The lowest BCUT2D eigenvalue weighted by Gasteiger charge is -2.21. The molecule has 0 spiro atoms. The number of anilines is 1. The van der Waals surface area contributed by atoms with Crippen molar-refractivity contribution in [3.05, 3.63) is 51.7 Å². The largest absolute Gasteiger partial charge is 0.495 e. The van der Waals surface area contributed by atoms with Crippen molar-refractivity contribution in [1.82, 2.24) is 14.9 Å². The Hall–Kier alpha value is -3.36. The number of carbonyl (C=O) groups excluding carboxylic acids is 2. The summed E-state index contributed by atoms with van der Waals surface area (Å²) in [6.07, 6.45) is 2.29. The number of hydrogen-bond acceptors (Lipinski definition) is 6. The number of hydrogen-bond donors (Lipinski definition) is 2. The molecule has 1 aromatic heterocycles. The number of benzene rings is 1. The van der Waals surface area contributed by atoms with E-state index in [4.69, 9.17) is 9.47 Å². The molecule has 0 bridgehead atoms. The Morgan fingerprint density at radius 3 is 2.74 bits per heavy atom. The molecule has 0 atom stereocenters. The Bertz CT molecular complexity index is 924. The number of amides is 2. The van der Waals surface area contributed by atoms with Gasteiger partial charge in [-0.1, -0.05) is 0 Å². The summed E-state index contributed by atoms with van der Waals surface area (Å²) in [7, 11) is 2.76. The van der Waals surface area contributed by atoms with Crippen LogP contribution in [0.4, 0.5) is 10.5 Å². The van der Waals surface area contributed by atoms with Gasteiger partial charge in [0.05, 0.1) is 37.5 Å². The molecule has 27 heavy (non-hydrogen) atoms. The molecule has 2 N–H and O–H groups in total. The highest BCUT2D eigenvalue weighted by atomic mass is 16.5. The first kappa shape index (κ1) is 18.4. The zero-order valence-electron chi connectivity index (χ0n) is 15.1. The minimum Gasteiger partial charge on any atom is -0.495 e. The second-order valence-electron chi connectivity index (χ2n) is 5.98. The van der Waals surface area contributed by atoms with Gasteiger partial charge in [0.2, 0.25) is 0 Å². The number of nitrogens with one attached hydrogen (secondary N) is 2. The molecule has 9 nitrogen and oxygen atoms in total. The zero-order valence-corrected chi connectivity index (χ0v) is 15.1. The SMILES string of the molecule is COC(=O)c1ccc(OC)c(NC(=O)N2CCc3nc[nH]c(=O)c3CC2)c1. The summed E-state index contributed by atoms with van der Waals surface area (Å²) in [4.78, 5) is 44.7. The van der Waals surface area contributed by atoms with Gasteiger partial charge < -0.3 is 24.7 Å². The fourth-order valence-corrected chi connectivity index (χ4v) is 2.99. The molecule has 1 aliphatic heterocycles. The standard InChI is InChI=1S/C18H20N4O5/c1-26-15-4-3-11(17(24)27-2)9-14(15)21-18(25)22-7-5-12-13(6-8-22)19-10-20-16(12)23/h3-4,9-10H,5-8H2,1-2H3,(H,21,25)(H,19,20,23). The van der Waals surface area contributed by atoms with E-state index in [1.165, 1.54) is 26.6 Å². The molecule has 2 amide bonds. The molecule has 1 aliphatic rings. The van der Waals surface area contributed by atoms with Gasteiger partial charge in [0.1, 0.15) is 5.75 Å². The van der Waals surface area contributed by atoms with Gasteiger partial charge in [-0.25, -0.2) is 14.6 Å². The number of methoxy groups -OCH3 is 2. The van der Waals surface area contributed by atoms with Crippen LogP contribution in [0.5, 0.6) is 5.75 Å². The maximum atomic E-state index is 12.7. The number of nitrogens with zero attached hydrogens (tertiary/aromatic N) is 2. The molecule has 0 saturated heterocycles. The normalized spacial score (nSPS) is 13.3. The molecular formula is C18H20N4O5. The third-order valence-electron chi connectivity index (χ3n) is 4.44. The summed E-state index contributed by atoms with van der Waals surface area (Å²) in [6.45, 7) is 0.806. The summed E-state index contributed by atoms with van der Waals surface area (Å²) in [5.41, 5.74) is 1.81. The first-order chi connectivity index (χ1) is 13.0. The maximum Gasteiger partial charge on any atom is 0.337 e. The minimum absolute atomic E-state index is 0.172. The van der Waals surface area contributed by atoms with Crippen molar-refractivity contribution in [2.24, 2.45) is 0 Å². The van der Waals surface area contributed by atoms with Crippen LogP contribution >= 0.6 is 0 Å². The molecule has 1 aromatic carbocycles. The van der Waals surface area contributed by atoms with Crippen LogP contribution < -0.4 is 15.6 Å². The first-order valence-electron chi connectivity index (χ1n) is 8.41. The van der Waals surface area contributed by atoms with Crippen LogP contribution in [0.2, 0.25) is 0 Å². The molecule has 142 valence electrons. The number of aromatic nitrogens is 2. The lowest BCUT2D eigenvalue weighted by molar-refractivity contribution is 0.0600. The predicted molar refractivity (Wildman–Crippen MR) is 97.2 cm³/mol. The number of H-pyrrole nitrogens is 1. The second-order valence-corrected chi connectivity index (χ2v) is 5.98. The van der Waals surface area contributed by atoms with E-state index in [0.717, 1.165) is 0 Å². The maximum absolute atomic E-state index is 12.7. The Morgan fingerprint density at radius 2 is 2.00 bits per heavy atom. The summed E-state index contributed by atoms with van der Waals surface area (Å²) in [6, 6.07) is 4.30.